The second-order valence-electron chi connectivity index (χ2n) is 5.37. The van der Waals surface area contributed by atoms with Gasteiger partial charge < -0.3 is 26.6 Å². The Labute approximate surface area is 125 Å². The summed E-state index contributed by atoms with van der Waals surface area (Å²) in [6.45, 7) is 12.7. The third kappa shape index (κ3) is 9.35. The first kappa shape index (κ1) is 20.7. The minimum atomic E-state index is 0. The summed E-state index contributed by atoms with van der Waals surface area (Å²) >= 11 is 0. The Balaban J connectivity index is 0. The van der Waals surface area contributed by atoms with Crippen LogP contribution < -0.4 is 17.0 Å². The van der Waals surface area contributed by atoms with Gasteiger partial charge in [0.15, 0.2) is 0 Å². The van der Waals surface area contributed by atoms with E-state index in [2.05, 4.69) is 20.8 Å². The van der Waals surface area contributed by atoms with Crippen LogP contribution in [-0.2, 0) is 0 Å². The van der Waals surface area contributed by atoms with E-state index in [1.165, 1.54) is 69.2 Å². The van der Waals surface area contributed by atoms with E-state index < -0.39 is 0 Å². The van der Waals surface area contributed by atoms with Gasteiger partial charge in [-0.25, -0.2) is 0 Å². The summed E-state index contributed by atoms with van der Waals surface area (Å²) in [6, 6.07) is 0. The van der Waals surface area contributed by atoms with Gasteiger partial charge in [0.2, 0.25) is 0 Å². The zero-order valence-corrected chi connectivity index (χ0v) is 14.3. The lowest BCUT2D eigenvalue weighted by molar-refractivity contribution is -0.928. The molecule has 0 spiro atoms. The van der Waals surface area contributed by atoms with Gasteiger partial charge in [-0.15, -0.1) is 0 Å². The number of quaternary nitrogens is 1. The van der Waals surface area contributed by atoms with E-state index in [4.69, 9.17) is 5.11 Å². The van der Waals surface area contributed by atoms with Crippen LogP contribution in [0.3, 0.4) is 0 Å². The molecule has 18 heavy (non-hydrogen) atoms. The van der Waals surface area contributed by atoms with Crippen LogP contribution in [0.25, 0.3) is 0 Å². The van der Waals surface area contributed by atoms with Crippen LogP contribution in [0.2, 0.25) is 0 Å². The van der Waals surface area contributed by atoms with Crippen LogP contribution >= 0.6 is 0 Å². The highest BCUT2D eigenvalue weighted by Gasteiger charge is 2.23. The SMILES string of the molecule is CCC[N+](CCC)(CCC)CCCCCCO.[Br-]. The van der Waals surface area contributed by atoms with Crippen molar-refractivity contribution in [2.24, 2.45) is 0 Å². The number of unbranched alkanes of at least 4 members (excludes halogenated alkanes) is 3. The van der Waals surface area contributed by atoms with Crippen LogP contribution in [0.1, 0.15) is 65.7 Å². The summed E-state index contributed by atoms with van der Waals surface area (Å²) < 4.78 is 1.34. The van der Waals surface area contributed by atoms with Crippen molar-refractivity contribution in [3.05, 3.63) is 0 Å². The second kappa shape index (κ2) is 13.8. The molecular weight excluding hydrogens is 290 g/mol. The third-order valence-corrected chi connectivity index (χ3v) is 3.63. The molecule has 1 N–H and O–H groups in total. The van der Waals surface area contributed by atoms with Gasteiger partial charge in [-0.05, 0) is 38.5 Å². The van der Waals surface area contributed by atoms with Crippen molar-refractivity contribution in [2.75, 3.05) is 32.8 Å². The standard InChI is InChI=1S/C15H34NO.BrH/c1-4-11-16(12-5-2,13-6-3)14-9-7-8-10-15-17;/h17H,4-15H2,1-3H3;1H/q+1;/p-1. The summed E-state index contributed by atoms with van der Waals surface area (Å²) in [6.07, 6.45) is 8.71. The molecule has 0 bridgehead atoms. The van der Waals surface area contributed by atoms with Gasteiger partial charge in [-0.3, -0.25) is 0 Å². The van der Waals surface area contributed by atoms with E-state index in [1.807, 2.05) is 0 Å². The molecule has 0 amide bonds. The third-order valence-electron chi connectivity index (χ3n) is 3.63. The number of aliphatic hydroxyl groups is 1. The number of nitrogens with zero attached hydrogens (tertiary/aromatic N) is 1. The molecule has 0 rings (SSSR count). The van der Waals surface area contributed by atoms with E-state index in [9.17, 15) is 0 Å². The molecule has 0 aliphatic rings. The lowest BCUT2D eigenvalue weighted by Gasteiger charge is -2.38. The summed E-state index contributed by atoms with van der Waals surface area (Å²) in [4.78, 5) is 0. The van der Waals surface area contributed by atoms with Crippen molar-refractivity contribution in [1.82, 2.24) is 0 Å². The Morgan fingerprint density at radius 1 is 0.667 bits per heavy atom. The molecule has 0 radical (unpaired) electrons. The molecule has 0 atom stereocenters. The van der Waals surface area contributed by atoms with E-state index in [0.717, 1.165) is 6.42 Å². The average molecular weight is 324 g/mol. The smallest absolute Gasteiger partial charge is 0.0786 e. The number of hydrogen-bond donors (Lipinski definition) is 1. The average Bonchev–Trinajstić information content (AvgIpc) is 2.30. The number of halogens is 1. The van der Waals surface area contributed by atoms with Crippen molar-refractivity contribution < 1.29 is 26.6 Å². The van der Waals surface area contributed by atoms with Gasteiger partial charge in [0.1, 0.15) is 0 Å². The van der Waals surface area contributed by atoms with E-state index >= 15 is 0 Å². The summed E-state index contributed by atoms with van der Waals surface area (Å²) in [5.74, 6) is 0. The van der Waals surface area contributed by atoms with Crippen molar-refractivity contribution in [1.29, 1.82) is 0 Å². The van der Waals surface area contributed by atoms with Gasteiger partial charge in [-0.1, -0.05) is 27.2 Å². The minimum Gasteiger partial charge on any atom is -1.00 e. The predicted molar refractivity (Wildman–Crippen MR) is 76.2 cm³/mol. The van der Waals surface area contributed by atoms with Crippen molar-refractivity contribution in [3.63, 3.8) is 0 Å². The Kier molecular flexibility index (Phi) is 15.9. The van der Waals surface area contributed by atoms with Crippen LogP contribution in [0, 0.1) is 0 Å². The van der Waals surface area contributed by atoms with Crippen LogP contribution in [0.15, 0.2) is 0 Å². The number of hydrogen-bond acceptors (Lipinski definition) is 1. The molecule has 0 heterocycles. The Morgan fingerprint density at radius 3 is 1.50 bits per heavy atom. The van der Waals surface area contributed by atoms with E-state index in [1.54, 1.807) is 0 Å². The van der Waals surface area contributed by atoms with Gasteiger partial charge in [0.25, 0.3) is 0 Å². The fourth-order valence-corrected chi connectivity index (χ4v) is 3.01. The van der Waals surface area contributed by atoms with Gasteiger partial charge in [0.05, 0.1) is 26.2 Å². The van der Waals surface area contributed by atoms with E-state index in [0.29, 0.717) is 6.61 Å². The van der Waals surface area contributed by atoms with Crippen molar-refractivity contribution in [2.45, 2.75) is 65.7 Å². The molecule has 0 aliphatic carbocycles. The Hall–Kier alpha value is 0.400. The normalized spacial score (nSPS) is 11.3. The maximum absolute atomic E-state index is 8.77. The predicted octanol–water partition coefficient (Wildman–Crippen LogP) is 0.590. The zero-order chi connectivity index (χ0) is 13.0. The summed E-state index contributed by atoms with van der Waals surface area (Å²) in [5.41, 5.74) is 0. The van der Waals surface area contributed by atoms with Gasteiger partial charge in [0, 0.05) is 6.61 Å². The quantitative estimate of drug-likeness (QED) is 0.412. The number of rotatable bonds is 12. The first-order chi connectivity index (χ1) is 8.24. The van der Waals surface area contributed by atoms with Crippen molar-refractivity contribution in [3.8, 4) is 0 Å². The summed E-state index contributed by atoms with van der Waals surface area (Å²) in [7, 11) is 0. The molecular formula is C15H34BrNO. The van der Waals surface area contributed by atoms with Gasteiger partial charge in [-0.2, -0.15) is 0 Å². The van der Waals surface area contributed by atoms with E-state index in [-0.39, 0.29) is 17.0 Å². The van der Waals surface area contributed by atoms with Crippen LogP contribution in [-0.4, -0.2) is 42.4 Å². The van der Waals surface area contributed by atoms with Crippen LogP contribution in [0.4, 0.5) is 0 Å². The van der Waals surface area contributed by atoms with Crippen LogP contribution in [0.5, 0.6) is 0 Å². The molecule has 0 unspecified atom stereocenters. The fraction of sp³-hybridized carbons (Fsp3) is 1.00. The maximum atomic E-state index is 8.77. The topological polar surface area (TPSA) is 20.2 Å². The van der Waals surface area contributed by atoms with Crippen molar-refractivity contribution >= 4 is 0 Å². The molecule has 0 aromatic heterocycles. The molecule has 0 aromatic carbocycles. The highest BCUT2D eigenvalue weighted by Crippen LogP contribution is 2.14. The molecule has 0 aromatic rings. The first-order valence-corrected chi connectivity index (χ1v) is 7.70. The van der Waals surface area contributed by atoms with Gasteiger partial charge >= 0.3 is 0 Å². The largest absolute Gasteiger partial charge is 1.00 e. The number of aliphatic hydroxyl groups excluding tert-OH is 1. The Bertz CT molecular complexity index is 148. The molecule has 0 saturated heterocycles. The lowest BCUT2D eigenvalue weighted by atomic mass is 10.1. The highest BCUT2D eigenvalue weighted by atomic mass is 79.9. The fourth-order valence-electron chi connectivity index (χ4n) is 3.01. The molecule has 0 fully saturated rings. The second-order valence-corrected chi connectivity index (χ2v) is 5.37. The highest BCUT2D eigenvalue weighted by molar-refractivity contribution is 4.48. The minimum absolute atomic E-state index is 0. The maximum Gasteiger partial charge on any atom is 0.0786 e. The Morgan fingerprint density at radius 2 is 1.11 bits per heavy atom. The lowest BCUT2D eigenvalue weighted by Crippen LogP contribution is -3.00. The molecule has 3 heteroatoms. The molecule has 2 nitrogen and oxygen atoms in total. The summed E-state index contributed by atoms with van der Waals surface area (Å²) in [5, 5.41) is 8.77. The molecule has 0 saturated carbocycles. The molecule has 112 valence electrons. The molecule has 0 aliphatic heterocycles. The monoisotopic (exact) mass is 323 g/mol. The zero-order valence-electron chi connectivity index (χ0n) is 12.8. The first-order valence-electron chi connectivity index (χ1n) is 7.70.